The summed E-state index contributed by atoms with van der Waals surface area (Å²) in [6.45, 7) is 0.0794. The normalized spacial score (nSPS) is 12.0. The van der Waals surface area contributed by atoms with E-state index in [4.69, 9.17) is 4.52 Å². The Morgan fingerprint density at radius 3 is 2.66 bits per heavy atom. The van der Waals surface area contributed by atoms with Crippen LogP contribution < -0.4 is 5.32 Å². The first-order valence-corrected chi connectivity index (χ1v) is 12.8. The fourth-order valence-corrected chi connectivity index (χ4v) is 4.57. The zero-order valence-electron chi connectivity index (χ0n) is 21.5. The van der Waals surface area contributed by atoms with E-state index in [9.17, 15) is 18.7 Å². The molecule has 6 aromatic rings. The van der Waals surface area contributed by atoms with Gasteiger partial charge in [-0.2, -0.15) is 5.10 Å². The molecule has 0 aliphatic heterocycles. The second kappa shape index (κ2) is 11.0. The second-order valence-corrected chi connectivity index (χ2v) is 9.39. The van der Waals surface area contributed by atoms with E-state index >= 15 is 0 Å². The molecule has 0 radical (unpaired) electrons. The van der Waals surface area contributed by atoms with Gasteiger partial charge in [0.05, 0.1) is 18.4 Å². The number of hydrogen-bond donors (Lipinski definition) is 3. The third kappa shape index (κ3) is 5.53. The van der Waals surface area contributed by atoms with Crippen molar-refractivity contribution in [3.05, 3.63) is 102 Å². The van der Waals surface area contributed by atoms with Gasteiger partial charge in [-0.3, -0.25) is 4.68 Å². The van der Waals surface area contributed by atoms with Crippen molar-refractivity contribution in [2.75, 3.05) is 5.32 Å². The SMILES string of the molecule is O=C(O)[C@H](CCc1cc2ccccc2[nH]1)Nc1nc(-c2cc(-c3ccon3)n(Cc3ccccc3F)n2)ncc1F. The monoisotopic (exact) mass is 555 g/mol. The third-order valence-electron chi connectivity index (χ3n) is 6.63. The molecule has 12 heteroatoms. The van der Waals surface area contributed by atoms with Gasteiger partial charge >= 0.3 is 5.97 Å². The molecular formula is C29H23F2N7O3. The van der Waals surface area contributed by atoms with Crippen molar-refractivity contribution in [3.8, 4) is 22.9 Å². The Bertz CT molecular complexity index is 1800. The maximum Gasteiger partial charge on any atom is 0.326 e. The van der Waals surface area contributed by atoms with Crippen LogP contribution in [0.5, 0.6) is 0 Å². The molecule has 4 heterocycles. The van der Waals surface area contributed by atoms with E-state index in [-0.39, 0.29) is 30.3 Å². The Kier molecular flexibility index (Phi) is 6.94. The van der Waals surface area contributed by atoms with Gasteiger partial charge < -0.3 is 19.9 Å². The van der Waals surface area contributed by atoms with Crippen LogP contribution in [0.1, 0.15) is 17.7 Å². The number of nitrogens with zero attached hydrogens (tertiary/aromatic N) is 5. The van der Waals surface area contributed by atoms with Crippen LogP contribution in [-0.2, 0) is 17.8 Å². The van der Waals surface area contributed by atoms with Crippen molar-refractivity contribution in [2.45, 2.75) is 25.4 Å². The fraction of sp³-hybridized carbons (Fsp3) is 0.138. The van der Waals surface area contributed by atoms with E-state index < -0.39 is 23.6 Å². The minimum Gasteiger partial charge on any atom is -0.480 e. The number of hydrogen-bond acceptors (Lipinski definition) is 7. The molecule has 0 bridgehead atoms. The molecule has 6 rings (SSSR count). The summed E-state index contributed by atoms with van der Waals surface area (Å²) in [6, 6.07) is 18.1. The van der Waals surface area contributed by atoms with Crippen molar-refractivity contribution in [1.29, 1.82) is 0 Å². The number of fused-ring (bicyclic) bond motifs is 1. The Hall–Kier alpha value is -5.39. The van der Waals surface area contributed by atoms with Crippen LogP contribution >= 0.6 is 0 Å². The molecule has 4 aromatic heterocycles. The smallest absolute Gasteiger partial charge is 0.326 e. The Morgan fingerprint density at radius 2 is 1.88 bits per heavy atom. The first kappa shape index (κ1) is 25.9. The maximum atomic E-state index is 14.8. The van der Waals surface area contributed by atoms with Crippen LogP contribution in [0.3, 0.4) is 0 Å². The Morgan fingerprint density at radius 1 is 1.05 bits per heavy atom. The first-order valence-electron chi connectivity index (χ1n) is 12.8. The first-order chi connectivity index (χ1) is 19.9. The van der Waals surface area contributed by atoms with E-state index in [2.05, 4.69) is 30.5 Å². The lowest BCUT2D eigenvalue weighted by molar-refractivity contribution is -0.138. The third-order valence-corrected chi connectivity index (χ3v) is 6.63. The Labute approximate surface area is 231 Å². The summed E-state index contributed by atoms with van der Waals surface area (Å²) in [4.78, 5) is 23.6. The van der Waals surface area contributed by atoms with Crippen LogP contribution in [0.4, 0.5) is 14.6 Å². The van der Waals surface area contributed by atoms with E-state index in [1.165, 1.54) is 17.0 Å². The fourth-order valence-electron chi connectivity index (χ4n) is 4.57. The average Bonchev–Trinajstić information content (AvgIpc) is 3.73. The lowest BCUT2D eigenvalue weighted by Crippen LogP contribution is -2.30. The number of halogens is 2. The molecule has 0 aliphatic carbocycles. The number of aryl methyl sites for hydroxylation is 1. The summed E-state index contributed by atoms with van der Waals surface area (Å²) in [5.74, 6) is -2.58. The molecular weight excluding hydrogens is 532 g/mol. The van der Waals surface area contributed by atoms with Crippen molar-refractivity contribution >= 4 is 22.7 Å². The summed E-state index contributed by atoms with van der Waals surface area (Å²) >= 11 is 0. The number of carboxylic acid groups (broad SMARTS) is 1. The molecule has 41 heavy (non-hydrogen) atoms. The van der Waals surface area contributed by atoms with Gasteiger partial charge in [-0.15, -0.1) is 0 Å². The summed E-state index contributed by atoms with van der Waals surface area (Å²) in [6.07, 6.45) is 2.94. The van der Waals surface area contributed by atoms with Gasteiger partial charge in [0.15, 0.2) is 17.5 Å². The van der Waals surface area contributed by atoms with Gasteiger partial charge in [0, 0.05) is 22.8 Å². The lowest BCUT2D eigenvalue weighted by Gasteiger charge is -2.15. The van der Waals surface area contributed by atoms with E-state index in [1.54, 1.807) is 30.3 Å². The molecule has 0 fully saturated rings. The number of aromatic nitrogens is 6. The summed E-state index contributed by atoms with van der Waals surface area (Å²) < 4.78 is 35.7. The number of H-pyrrole nitrogens is 1. The highest BCUT2D eigenvalue weighted by atomic mass is 19.1. The highest BCUT2D eigenvalue weighted by Gasteiger charge is 2.22. The maximum absolute atomic E-state index is 14.8. The van der Waals surface area contributed by atoms with Gasteiger partial charge in [0.25, 0.3) is 0 Å². The van der Waals surface area contributed by atoms with Crippen LogP contribution in [0.2, 0.25) is 0 Å². The zero-order valence-corrected chi connectivity index (χ0v) is 21.5. The number of benzene rings is 2. The predicted molar refractivity (Wildman–Crippen MR) is 146 cm³/mol. The van der Waals surface area contributed by atoms with Crippen molar-refractivity contribution in [1.82, 2.24) is 29.9 Å². The van der Waals surface area contributed by atoms with Crippen molar-refractivity contribution in [3.63, 3.8) is 0 Å². The van der Waals surface area contributed by atoms with E-state index in [0.717, 1.165) is 22.8 Å². The van der Waals surface area contributed by atoms with Gasteiger partial charge in [-0.05, 0) is 42.5 Å². The number of carbonyl (C=O) groups is 1. The van der Waals surface area contributed by atoms with Gasteiger partial charge in [0.2, 0.25) is 0 Å². The number of anilines is 1. The van der Waals surface area contributed by atoms with Crippen molar-refractivity contribution in [2.24, 2.45) is 0 Å². The largest absolute Gasteiger partial charge is 0.480 e. The topological polar surface area (TPSA) is 135 Å². The Balaban J connectivity index is 1.26. The summed E-state index contributed by atoms with van der Waals surface area (Å²) in [5, 5.41) is 22.0. The minimum absolute atomic E-state index is 0.0469. The van der Waals surface area contributed by atoms with Gasteiger partial charge in [-0.1, -0.05) is 41.6 Å². The quantitative estimate of drug-likeness (QED) is 0.207. The second-order valence-electron chi connectivity index (χ2n) is 9.39. The molecule has 0 amide bonds. The number of nitrogens with one attached hydrogen (secondary N) is 2. The van der Waals surface area contributed by atoms with E-state index in [0.29, 0.717) is 23.4 Å². The van der Waals surface area contributed by atoms with Crippen LogP contribution in [0.15, 0.2) is 83.7 Å². The molecule has 10 nitrogen and oxygen atoms in total. The molecule has 1 atom stereocenters. The van der Waals surface area contributed by atoms with E-state index in [1.807, 2.05) is 30.3 Å². The minimum atomic E-state index is -1.15. The number of aromatic amines is 1. The molecule has 0 spiro atoms. The average molecular weight is 556 g/mol. The van der Waals surface area contributed by atoms with Gasteiger partial charge in [0.1, 0.15) is 29.5 Å². The number of carboxylic acids is 1. The number of para-hydroxylation sites is 1. The molecule has 0 unspecified atom stereocenters. The van der Waals surface area contributed by atoms with Gasteiger partial charge in [-0.25, -0.2) is 23.5 Å². The molecule has 3 N–H and O–H groups in total. The highest BCUT2D eigenvalue weighted by Crippen LogP contribution is 2.26. The summed E-state index contributed by atoms with van der Waals surface area (Å²) in [5.41, 5.74) is 3.42. The van der Waals surface area contributed by atoms with Crippen molar-refractivity contribution < 1.29 is 23.2 Å². The molecule has 0 saturated heterocycles. The molecule has 0 saturated carbocycles. The number of aliphatic carboxylic acids is 1. The van der Waals surface area contributed by atoms with Crippen LogP contribution in [0, 0.1) is 11.6 Å². The lowest BCUT2D eigenvalue weighted by atomic mass is 10.1. The predicted octanol–water partition coefficient (Wildman–Crippen LogP) is 5.30. The standard InChI is InChI=1S/C29H23F2N7O3/c30-20-7-3-1-6-18(20)16-38-26(23-11-12-41-37-23)14-25(36-38)28-32-15-21(31)27(35-28)34-24(29(39)40)10-9-19-13-17-5-2-4-8-22(17)33-19/h1-8,11-15,24,33H,9-10,16H2,(H,39,40)(H,32,34,35)/t24-/m0/s1. The molecule has 2 aromatic carbocycles. The number of rotatable bonds is 10. The zero-order chi connectivity index (χ0) is 28.3. The molecule has 0 aliphatic rings. The highest BCUT2D eigenvalue weighted by molar-refractivity contribution is 5.80. The van der Waals surface area contributed by atoms with Crippen LogP contribution in [0.25, 0.3) is 33.8 Å². The summed E-state index contributed by atoms with van der Waals surface area (Å²) in [7, 11) is 0. The van der Waals surface area contributed by atoms with Crippen LogP contribution in [-0.4, -0.2) is 47.0 Å². The molecule has 206 valence electrons.